The molecule has 94 valence electrons. The lowest BCUT2D eigenvalue weighted by Gasteiger charge is -2.20. The maximum atomic E-state index is 13.1. The van der Waals surface area contributed by atoms with E-state index in [0.29, 0.717) is 10.2 Å². The zero-order valence-electron chi connectivity index (χ0n) is 10.0. The number of rotatable bonds is 3. The predicted octanol–water partition coefficient (Wildman–Crippen LogP) is 2.88. The van der Waals surface area contributed by atoms with Crippen molar-refractivity contribution in [1.82, 2.24) is 5.32 Å². The summed E-state index contributed by atoms with van der Waals surface area (Å²) in [5.41, 5.74) is -0.300. The molecular weight excluding hydrogens is 289 g/mol. The Morgan fingerprint density at radius 3 is 2.65 bits per heavy atom. The number of carbonyl (C=O) groups is 1. The molecule has 0 saturated carbocycles. The summed E-state index contributed by atoms with van der Waals surface area (Å²) in [5, 5.41) is 2.75. The summed E-state index contributed by atoms with van der Waals surface area (Å²) >= 11 is 3.04. The van der Waals surface area contributed by atoms with Gasteiger partial charge in [0.1, 0.15) is 11.6 Å². The Kier molecular flexibility index (Phi) is 4.51. The number of hydrogen-bond acceptors (Lipinski definition) is 2. The minimum atomic E-state index is -0.418. The smallest absolute Gasteiger partial charge is 0.258 e. The van der Waals surface area contributed by atoms with Gasteiger partial charge in [-0.2, -0.15) is 0 Å². The molecule has 1 aromatic carbocycles. The van der Waals surface area contributed by atoms with Crippen LogP contribution in [0.1, 0.15) is 20.8 Å². The molecule has 0 spiro atoms. The lowest BCUT2D eigenvalue weighted by molar-refractivity contribution is -0.124. The van der Waals surface area contributed by atoms with Gasteiger partial charge >= 0.3 is 0 Å². The molecule has 0 aliphatic heterocycles. The molecule has 0 bridgehead atoms. The second kappa shape index (κ2) is 5.49. The summed E-state index contributed by atoms with van der Waals surface area (Å²) in [6, 6.07) is 4.36. The van der Waals surface area contributed by atoms with E-state index in [-0.39, 0.29) is 18.1 Å². The van der Waals surface area contributed by atoms with Gasteiger partial charge in [-0.15, -0.1) is 0 Å². The first-order valence-electron chi connectivity index (χ1n) is 5.17. The molecule has 1 amide bonds. The molecule has 0 atom stereocenters. The number of benzene rings is 1. The topological polar surface area (TPSA) is 38.3 Å². The number of ether oxygens (including phenoxy) is 1. The van der Waals surface area contributed by atoms with Crippen molar-refractivity contribution in [3.63, 3.8) is 0 Å². The standard InChI is InChI=1S/C12H15BrFNO2/c1-12(2,3)15-11(16)7-17-8-4-5-9(13)10(14)6-8/h4-6H,7H2,1-3H3,(H,15,16). The highest BCUT2D eigenvalue weighted by Crippen LogP contribution is 2.20. The minimum Gasteiger partial charge on any atom is -0.484 e. The molecule has 1 N–H and O–H groups in total. The Bertz CT molecular complexity index is 415. The van der Waals surface area contributed by atoms with Crippen molar-refractivity contribution in [2.45, 2.75) is 26.3 Å². The van der Waals surface area contributed by atoms with Gasteiger partial charge in [-0.25, -0.2) is 4.39 Å². The van der Waals surface area contributed by atoms with Gasteiger partial charge in [-0.05, 0) is 48.8 Å². The van der Waals surface area contributed by atoms with E-state index in [1.807, 2.05) is 20.8 Å². The Balaban J connectivity index is 2.50. The van der Waals surface area contributed by atoms with Crippen LogP contribution in [0.4, 0.5) is 4.39 Å². The van der Waals surface area contributed by atoms with Crippen molar-refractivity contribution >= 4 is 21.8 Å². The monoisotopic (exact) mass is 303 g/mol. The number of nitrogens with one attached hydrogen (secondary N) is 1. The van der Waals surface area contributed by atoms with Crippen LogP contribution in [0.25, 0.3) is 0 Å². The Morgan fingerprint density at radius 1 is 1.47 bits per heavy atom. The largest absolute Gasteiger partial charge is 0.484 e. The molecular formula is C12H15BrFNO2. The maximum absolute atomic E-state index is 13.1. The van der Waals surface area contributed by atoms with E-state index in [0.717, 1.165) is 0 Å². The average Bonchev–Trinajstić information content (AvgIpc) is 2.17. The summed E-state index contributed by atoms with van der Waals surface area (Å²) in [5.74, 6) is -0.325. The van der Waals surface area contributed by atoms with Gasteiger partial charge < -0.3 is 10.1 Å². The van der Waals surface area contributed by atoms with Crippen LogP contribution >= 0.6 is 15.9 Å². The van der Waals surface area contributed by atoms with Crippen LogP contribution in [0, 0.1) is 5.82 Å². The molecule has 0 aromatic heterocycles. The third kappa shape index (κ3) is 5.17. The van der Waals surface area contributed by atoms with Gasteiger partial charge in [0.15, 0.2) is 6.61 Å². The molecule has 0 aliphatic carbocycles. The third-order valence-corrected chi connectivity index (χ3v) is 2.42. The number of carbonyl (C=O) groups excluding carboxylic acids is 1. The van der Waals surface area contributed by atoms with E-state index < -0.39 is 5.82 Å². The van der Waals surface area contributed by atoms with Gasteiger partial charge in [0, 0.05) is 11.6 Å². The normalized spacial score (nSPS) is 11.1. The molecule has 0 aliphatic rings. The molecule has 3 nitrogen and oxygen atoms in total. The number of amides is 1. The zero-order valence-corrected chi connectivity index (χ0v) is 11.6. The van der Waals surface area contributed by atoms with Crippen LogP contribution < -0.4 is 10.1 Å². The molecule has 1 rings (SSSR count). The average molecular weight is 304 g/mol. The van der Waals surface area contributed by atoms with Crippen LogP contribution in [0.15, 0.2) is 22.7 Å². The van der Waals surface area contributed by atoms with Crippen LogP contribution in [-0.4, -0.2) is 18.1 Å². The van der Waals surface area contributed by atoms with Crippen LogP contribution in [0.2, 0.25) is 0 Å². The summed E-state index contributed by atoms with van der Waals surface area (Å²) in [7, 11) is 0. The van der Waals surface area contributed by atoms with Crippen molar-refractivity contribution in [2.24, 2.45) is 0 Å². The van der Waals surface area contributed by atoms with Crippen LogP contribution in [-0.2, 0) is 4.79 Å². The van der Waals surface area contributed by atoms with Crippen molar-refractivity contribution < 1.29 is 13.9 Å². The van der Waals surface area contributed by atoms with Gasteiger partial charge in [-0.1, -0.05) is 0 Å². The van der Waals surface area contributed by atoms with Gasteiger partial charge in [0.05, 0.1) is 4.47 Å². The van der Waals surface area contributed by atoms with E-state index in [9.17, 15) is 9.18 Å². The Hall–Kier alpha value is -1.10. The van der Waals surface area contributed by atoms with Gasteiger partial charge in [0.2, 0.25) is 0 Å². The fourth-order valence-corrected chi connectivity index (χ4v) is 1.42. The summed E-state index contributed by atoms with van der Waals surface area (Å²) < 4.78 is 18.7. The molecule has 1 aromatic rings. The minimum absolute atomic E-state index is 0.127. The first-order valence-corrected chi connectivity index (χ1v) is 5.96. The summed E-state index contributed by atoms with van der Waals surface area (Å²) in [6.07, 6.45) is 0. The third-order valence-electron chi connectivity index (χ3n) is 1.78. The van der Waals surface area contributed by atoms with Gasteiger partial charge in [0.25, 0.3) is 5.91 Å². The van der Waals surface area contributed by atoms with Crippen LogP contribution in [0.5, 0.6) is 5.75 Å². The van der Waals surface area contributed by atoms with Crippen LogP contribution in [0.3, 0.4) is 0 Å². The van der Waals surface area contributed by atoms with Crippen molar-refractivity contribution in [1.29, 1.82) is 0 Å². The molecule has 0 unspecified atom stereocenters. The van der Waals surface area contributed by atoms with Crippen molar-refractivity contribution in [2.75, 3.05) is 6.61 Å². The number of halogens is 2. The summed E-state index contributed by atoms with van der Waals surface area (Å²) in [6.45, 7) is 5.51. The molecule has 17 heavy (non-hydrogen) atoms. The lowest BCUT2D eigenvalue weighted by atomic mass is 10.1. The Morgan fingerprint density at radius 2 is 2.12 bits per heavy atom. The fraction of sp³-hybridized carbons (Fsp3) is 0.417. The van der Waals surface area contributed by atoms with E-state index in [1.54, 1.807) is 6.07 Å². The highest BCUT2D eigenvalue weighted by atomic mass is 79.9. The number of hydrogen-bond donors (Lipinski definition) is 1. The van der Waals surface area contributed by atoms with Crippen molar-refractivity contribution in [3.8, 4) is 5.75 Å². The van der Waals surface area contributed by atoms with E-state index in [2.05, 4.69) is 21.2 Å². The molecule has 0 heterocycles. The van der Waals surface area contributed by atoms with Crippen molar-refractivity contribution in [3.05, 3.63) is 28.5 Å². The highest BCUT2D eigenvalue weighted by Gasteiger charge is 2.14. The second-order valence-corrected chi connectivity index (χ2v) is 5.52. The first-order chi connectivity index (χ1) is 7.78. The highest BCUT2D eigenvalue weighted by molar-refractivity contribution is 9.10. The molecule has 0 radical (unpaired) electrons. The first kappa shape index (κ1) is 14.0. The summed E-state index contributed by atoms with van der Waals surface area (Å²) in [4.78, 5) is 11.4. The van der Waals surface area contributed by atoms with Gasteiger partial charge in [-0.3, -0.25) is 4.79 Å². The maximum Gasteiger partial charge on any atom is 0.258 e. The fourth-order valence-electron chi connectivity index (χ4n) is 1.17. The zero-order chi connectivity index (χ0) is 13.1. The van der Waals surface area contributed by atoms with E-state index in [4.69, 9.17) is 4.74 Å². The second-order valence-electron chi connectivity index (χ2n) is 4.66. The Labute approximate surface area is 108 Å². The van der Waals surface area contributed by atoms with E-state index >= 15 is 0 Å². The quantitative estimate of drug-likeness (QED) is 0.932. The van der Waals surface area contributed by atoms with E-state index in [1.165, 1.54) is 12.1 Å². The SMILES string of the molecule is CC(C)(C)NC(=O)COc1ccc(Br)c(F)c1. The molecule has 5 heteroatoms. The lowest BCUT2D eigenvalue weighted by Crippen LogP contribution is -2.43. The molecule has 0 fully saturated rings. The molecule has 0 saturated heterocycles. The predicted molar refractivity (Wildman–Crippen MR) is 67.5 cm³/mol.